The highest BCUT2D eigenvalue weighted by Crippen LogP contribution is 2.25. The molecule has 0 saturated carbocycles. The van der Waals surface area contributed by atoms with Crippen LogP contribution >= 0.6 is 11.6 Å². The number of halogens is 1. The van der Waals surface area contributed by atoms with Crippen molar-refractivity contribution in [3.63, 3.8) is 0 Å². The average Bonchev–Trinajstić information content (AvgIpc) is 2.81. The first kappa shape index (κ1) is 25.0. The molecule has 0 aliphatic carbocycles. The van der Waals surface area contributed by atoms with E-state index in [1.54, 1.807) is 0 Å². The molecule has 0 saturated heterocycles. The summed E-state index contributed by atoms with van der Waals surface area (Å²) in [5, 5.41) is 8.52. The highest BCUT2D eigenvalue weighted by Gasteiger charge is 2.15. The Morgan fingerprint density at radius 3 is 2.45 bits per heavy atom. The molecule has 0 fully saturated rings. The second-order valence-electron chi connectivity index (χ2n) is 8.57. The molecular formula is C29H34ClN2O. The predicted molar refractivity (Wildman–Crippen MR) is 140 cm³/mol. The van der Waals surface area contributed by atoms with Crippen LogP contribution in [0, 0.1) is 20.8 Å². The van der Waals surface area contributed by atoms with Crippen LogP contribution in [0.2, 0.25) is 5.02 Å². The third-order valence-electron chi connectivity index (χ3n) is 5.91. The lowest BCUT2D eigenvalue weighted by molar-refractivity contribution is 0.128. The Kier molecular flexibility index (Phi) is 9.53. The largest absolute Gasteiger partial charge is 0.395 e. The van der Waals surface area contributed by atoms with Gasteiger partial charge in [-0.25, -0.2) is 0 Å². The maximum atomic E-state index is 6.28. The second-order valence-corrected chi connectivity index (χ2v) is 9.01. The highest BCUT2D eigenvalue weighted by atomic mass is 35.5. The van der Waals surface area contributed by atoms with Crippen molar-refractivity contribution in [3.05, 3.63) is 112 Å². The highest BCUT2D eigenvalue weighted by molar-refractivity contribution is 6.30. The van der Waals surface area contributed by atoms with Crippen LogP contribution in [0.1, 0.15) is 52.6 Å². The molecule has 4 heteroatoms. The number of hydrogen-bond donors (Lipinski definition) is 1. The summed E-state index contributed by atoms with van der Waals surface area (Å²) >= 11 is 6.28. The minimum atomic E-state index is 0.156. The minimum absolute atomic E-state index is 0.156. The van der Waals surface area contributed by atoms with Crippen LogP contribution < -0.4 is 5.32 Å². The van der Waals surface area contributed by atoms with Gasteiger partial charge in [0.25, 0.3) is 0 Å². The Labute approximate surface area is 203 Å². The van der Waals surface area contributed by atoms with Crippen LogP contribution in [0.4, 0.5) is 0 Å². The maximum absolute atomic E-state index is 6.28. The number of oxime groups is 1. The topological polar surface area (TPSA) is 33.6 Å². The van der Waals surface area contributed by atoms with Crippen molar-refractivity contribution in [2.75, 3.05) is 13.2 Å². The molecule has 173 valence electrons. The standard InChI is InChI=1S/C29H34ClN2O/c1-5-15-31-19-24-11-13-26(14-12-24)23(4)32-33-20-28(27-7-6-8-29(30)18-27)17-25-10-9-21(2)22(3)16-25/h6-14,16,18,28,31H,1,5,15,17,19-20H2,2-4H3/b32-23+. The first-order valence-corrected chi connectivity index (χ1v) is 11.9. The van der Waals surface area contributed by atoms with E-state index < -0.39 is 0 Å². The number of benzene rings is 3. The van der Waals surface area contributed by atoms with Crippen molar-refractivity contribution in [1.29, 1.82) is 0 Å². The first-order chi connectivity index (χ1) is 16.0. The monoisotopic (exact) mass is 461 g/mol. The lowest BCUT2D eigenvalue weighted by Crippen LogP contribution is -2.13. The molecule has 0 bridgehead atoms. The van der Waals surface area contributed by atoms with E-state index in [1.807, 2.05) is 25.1 Å². The van der Waals surface area contributed by atoms with E-state index >= 15 is 0 Å². The quantitative estimate of drug-likeness (QED) is 0.189. The van der Waals surface area contributed by atoms with E-state index in [2.05, 4.69) is 79.8 Å². The van der Waals surface area contributed by atoms with E-state index in [0.29, 0.717) is 6.61 Å². The minimum Gasteiger partial charge on any atom is -0.395 e. The molecule has 1 N–H and O–H groups in total. The van der Waals surface area contributed by atoms with Crippen LogP contribution in [0.15, 0.2) is 71.9 Å². The molecule has 3 aromatic rings. The number of nitrogens with zero attached hydrogens (tertiary/aromatic N) is 1. The molecule has 3 nitrogen and oxygen atoms in total. The summed E-state index contributed by atoms with van der Waals surface area (Å²) in [4.78, 5) is 5.87. The number of nitrogens with one attached hydrogen (secondary N) is 1. The molecule has 0 aliphatic rings. The van der Waals surface area contributed by atoms with E-state index in [9.17, 15) is 0 Å². The average molecular weight is 462 g/mol. The van der Waals surface area contributed by atoms with Crippen molar-refractivity contribution in [2.45, 2.75) is 46.1 Å². The summed E-state index contributed by atoms with van der Waals surface area (Å²) < 4.78 is 0. The van der Waals surface area contributed by atoms with Crippen molar-refractivity contribution >= 4 is 17.3 Å². The van der Waals surface area contributed by atoms with Gasteiger partial charge in [0, 0.05) is 17.5 Å². The first-order valence-electron chi connectivity index (χ1n) is 11.5. The van der Waals surface area contributed by atoms with Gasteiger partial charge in [-0.1, -0.05) is 78.3 Å². The zero-order chi connectivity index (χ0) is 23.6. The summed E-state index contributed by atoms with van der Waals surface area (Å²) in [5.41, 5.74) is 8.22. The zero-order valence-electron chi connectivity index (χ0n) is 19.9. The summed E-state index contributed by atoms with van der Waals surface area (Å²) in [7, 11) is 0. The number of rotatable bonds is 11. The van der Waals surface area contributed by atoms with Crippen LogP contribution in [-0.2, 0) is 17.8 Å². The van der Waals surface area contributed by atoms with Crippen LogP contribution in [0.25, 0.3) is 0 Å². The molecule has 1 atom stereocenters. The lowest BCUT2D eigenvalue weighted by atomic mass is 9.91. The van der Waals surface area contributed by atoms with Gasteiger partial charge in [-0.15, -0.1) is 0 Å². The number of hydrogen-bond acceptors (Lipinski definition) is 3. The molecule has 0 aromatic heterocycles. The third-order valence-corrected chi connectivity index (χ3v) is 6.14. The second kappa shape index (κ2) is 12.6. The van der Waals surface area contributed by atoms with Crippen LogP contribution in [0.5, 0.6) is 0 Å². The van der Waals surface area contributed by atoms with Gasteiger partial charge < -0.3 is 10.2 Å². The number of aryl methyl sites for hydroxylation is 2. The molecule has 0 spiro atoms. The molecule has 1 radical (unpaired) electrons. The van der Waals surface area contributed by atoms with Crippen molar-refractivity contribution in [1.82, 2.24) is 5.32 Å². The third kappa shape index (κ3) is 7.73. The van der Waals surface area contributed by atoms with Gasteiger partial charge in [-0.3, -0.25) is 0 Å². The molecule has 33 heavy (non-hydrogen) atoms. The zero-order valence-corrected chi connectivity index (χ0v) is 20.7. The van der Waals surface area contributed by atoms with Crippen LogP contribution in [0.3, 0.4) is 0 Å². The van der Waals surface area contributed by atoms with Crippen molar-refractivity contribution in [3.8, 4) is 0 Å². The lowest BCUT2D eigenvalue weighted by Gasteiger charge is -2.18. The summed E-state index contributed by atoms with van der Waals surface area (Å²) in [5.74, 6) is 0.156. The Balaban J connectivity index is 1.68. The fraction of sp³-hybridized carbons (Fsp3) is 0.310. The Morgan fingerprint density at radius 1 is 1.00 bits per heavy atom. The van der Waals surface area contributed by atoms with Crippen LogP contribution in [-0.4, -0.2) is 18.9 Å². The SMILES string of the molecule is [CH2]CCNCc1ccc(/C(C)=N/OCC(Cc2ccc(C)c(C)c2)c2cccc(Cl)c2)cc1. The molecule has 0 aliphatic heterocycles. The van der Waals surface area contributed by atoms with Crippen molar-refractivity contribution < 1.29 is 4.84 Å². The van der Waals surface area contributed by atoms with Gasteiger partial charge in [0.1, 0.15) is 6.61 Å². The molecule has 1 unspecified atom stereocenters. The summed E-state index contributed by atoms with van der Waals surface area (Å²) in [6.45, 7) is 12.4. The maximum Gasteiger partial charge on any atom is 0.124 e. The van der Waals surface area contributed by atoms with E-state index in [-0.39, 0.29) is 5.92 Å². The molecular weight excluding hydrogens is 428 g/mol. The Hall–Kier alpha value is -2.62. The van der Waals surface area contributed by atoms with E-state index in [0.717, 1.165) is 47.8 Å². The van der Waals surface area contributed by atoms with Gasteiger partial charge in [0.05, 0.1) is 5.71 Å². The molecule has 3 aromatic carbocycles. The van der Waals surface area contributed by atoms with Gasteiger partial charge >= 0.3 is 0 Å². The fourth-order valence-corrected chi connectivity index (χ4v) is 3.95. The fourth-order valence-electron chi connectivity index (χ4n) is 3.75. The van der Waals surface area contributed by atoms with Gasteiger partial charge in [0.2, 0.25) is 0 Å². The smallest absolute Gasteiger partial charge is 0.124 e. The Bertz CT molecular complexity index is 1060. The Morgan fingerprint density at radius 2 is 1.76 bits per heavy atom. The van der Waals surface area contributed by atoms with Gasteiger partial charge in [0.15, 0.2) is 0 Å². The molecule has 0 amide bonds. The van der Waals surface area contributed by atoms with E-state index in [4.69, 9.17) is 16.4 Å². The molecule has 3 rings (SSSR count). The van der Waals surface area contributed by atoms with Gasteiger partial charge in [-0.05, 0) is 85.7 Å². The summed E-state index contributed by atoms with van der Waals surface area (Å²) in [6, 6.07) is 23.1. The molecule has 0 heterocycles. The summed E-state index contributed by atoms with van der Waals surface area (Å²) in [6.07, 6.45) is 1.76. The van der Waals surface area contributed by atoms with Crippen molar-refractivity contribution in [2.24, 2.45) is 5.16 Å². The predicted octanol–water partition coefficient (Wildman–Crippen LogP) is 7.04. The van der Waals surface area contributed by atoms with E-state index in [1.165, 1.54) is 22.3 Å². The van der Waals surface area contributed by atoms with Gasteiger partial charge in [-0.2, -0.15) is 0 Å². The normalized spacial score (nSPS) is 12.6.